The van der Waals surface area contributed by atoms with Gasteiger partial charge in [-0.2, -0.15) is 0 Å². The molecule has 0 bridgehead atoms. The minimum absolute atomic E-state index is 0.456. The van der Waals surface area contributed by atoms with E-state index in [4.69, 9.17) is 9.47 Å². The highest BCUT2D eigenvalue weighted by Gasteiger charge is 2.20. The number of ether oxygens (including phenoxy) is 2. The molecule has 1 heterocycles. The molecule has 0 amide bonds. The number of nitrogens with one attached hydrogen (secondary N) is 1. The molecule has 0 aliphatic carbocycles. The summed E-state index contributed by atoms with van der Waals surface area (Å²) >= 11 is 0. The number of hydrogen-bond acceptors (Lipinski definition) is 4. The first-order valence-electron chi connectivity index (χ1n) is 6.80. The predicted octanol–water partition coefficient (Wildman–Crippen LogP) is 1.28. The molecule has 4 nitrogen and oxygen atoms in total. The summed E-state index contributed by atoms with van der Waals surface area (Å²) < 4.78 is 10.5. The molecule has 1 aliphatic heterocycles. The summed E-state index contributed by atoms with van der Waals surface area (Å²) in [4.78, 5) is 2.48. The molecule has 0 radical (unpaired) electrons. The summed E-state index contributed by atoms with van der Waals surface area (Å²) in [5.74, 6) is 0. The third kappa shape index (κ3) is 5.48. The van der Waals surface area contributed by atoms with Crippen LogP contribution in [0.3, 0.4) is 0 Å². The van der Waals surface area contributed by atoms with E-state index in [1.165, 1.54) is 5.57 Å². The van der Waals surface area contributed by atoms with Gasteiger partial charge in [-0.15, -0.1) is 0 Å². The van der Waals surface area contributed by atoms with Gasteiger partial charge in [-0.05, 0) is 12.0 Å². The molecule has 0 aromatic carbocycles. The molecule has 1 N–H and O–H groups in total. The maximum absolute atomic E-state index is 5.34. The van der Waals surface area contributed by atoms with Gasteiger partial charge in [-0.25, -0.2) is 0 Å². The molecule has 4 heteroatoms. The Hall–Kier alpha value is -0.420. The molecule has 0 fully saturated rings. The van der Waals surface area contributed by atoms with Gasteiger partial charge in [0.1, 0.15) is 0 Å². The van der Waals surface area contributed by atoms with Gasteiger partial charge in [0, 0.05) is 45.9 Å². The summed E-state index contributed by atoms with van der Waals surface area (Å²) in [5, 5.41) is 3.50. The molecular formula is C14H28N2O2. The Bertz CT molecular complexity index is 254. The summed E-state index contributed by atoms with van der Waals surface area (Å²) in [6, 6.07) is 0.978. The molecule has 0 saturated carbocycles. The Balaban J connectivity index is 2.44. The molecule has 1 unspecified atom stereocenters. The highest BCUT2D eigenvalue weighted by atomic mass is 16.5. The van der Waals surface area contributed by atoms with Crippen LogP contribution in [0, 0.1) is 0 Å². The topological polar surface area (TPSA) is 33.7 Å². The lowest BCUT2D eigenvalue weighted by atomic mass is 10.1. The summed E-state index contributed by atoms with van der Waals surface area (Å²) in [6.45, 7) is 9.00. The Labute approximate surface area is 111 Å². The van der Waals surface area contributed by atoms with Gasteiger partial charge in [0.25, 0.3) is 0 Å². The standard InChI is InChI=1S/C14H28N2O2/c1-12(2)15-9-14(11-18-4)16-7-5-13(6-8-16)10-17-3/h5,12,14-15H,6-11H2,1-4H3. The summed E-state index contributed by atoms with van der Waals surface area (Å²) in [5.41, 5.74) is 1.42. The fraction of sp³-hybridized carbons (Fsp3) is 0.857. The fourth-order valence-electron chi connectivity index (χ4n) is 2.23. The van der Waals surface area contributed by atoms with Gasteiger partial charge < -0.3 is 14.8 Å². The molecule has 1 rings (SSSR count). The number of rotatable bonds is 8. The van der Waals surface area contributed by atoms with Crippen molar-refractivity contribution < 1.29 is 9.47 Å². The highest BCUT2D eigenvalue weighted by molar-refractivity contribution is 5.08. The second-order valence-electron chi connectivity index (χ2n) is 5.21. The van der Waals surface area contributed by atoms with Crippen LogP contribution in [0.5, 0.6) is 0 Å². The normalized spacial score (nSPS) is 19.1. The summed E-state index contributed by atoms with van der Waals surface area (Å²) in [6.07, 6.45) is 3.40. The third-order valence-corrected chi connectivity index (χ3v) is 3.30. The van der Waals surface area contributed by atoms with E-state index in [0.717, 1.165) is 39.3 Å². The van der Waals surface area contributed by atoms with E-state index in [0.29, 0.717) is 12.1 Å². The largest absolute Gasteiger partial charge is 0.383 e. The van der Waals surface area contributed by atoms with E-state index >= 15 is 0 Å². The smallest absolute Gasteiger partial charge is 0.0673 e. The maximum atomic E-state index is 5.34. The van der Waals surface area contributed by atoms with Gasteiger partial charge in [0.2, 0.25) is 0 Å². The third-order valence-electron chi connectivity index (χ3n) is 3.30. The van der Waals surface area contributed by atoms with Crippen molar-refractivity contribution in [3.05, 3.63) is 11.6 Å². The molecular weight excluding hydrogens is 228 g/mol. The lowest BCUT2D eigenvalue weighted by Gasteiger charge is -2.34. The SMILES string of the molecule is COCC1=CCN(C(CNC(C)C)COC)CC1. The van der Waals surface area contributed by atoms with Crippen LogP contribution < -0.4 is 5.32 Å². The van der Waals surface area contributed by atoms with Crippen molar-refractivity contribution >= 4 is 0 Å². The van der Waals surface area contributed by atoms with Crippen LogP contribution >= 0.6 is 0 Å². The van der Waals surface area contributed by atoms with Gasteiger partial charge in [0.15, 0.2) is 0 Å². The fourth-order valence-corrected chi connectivity index (χ4v) is 2.23. The minimum atomic E-state index is 0.456. The average molecular weight is 256 g/mol. The van der Waals surface area contributed by atoms with Crippen LogP contribution in [-0.4, -0.2) is 64.1 Å². The Kier molecular flexibility index (Phi) is 7.51. The molecule has 18 heavy (non-hydrogen) atoms. The Morgan fingerprint density at radius 1 is 1.33 bits per heavy atom. The number of nitrogens with zero attached hydrogens (tertiary/aromatic N) is 1. The Morgan fingerprint density at radius 3 is 2.61 bits per heavy atom. The van der Waals surface area contributed by atoms with E-state index < -0.39 is 0 Å². The van der Waals surface area contributed by atoms with Crippen molar-refractivity contribution in [2.75, 3.05) is 47.1 Å². The van der Waals surface area contributed by atoms with Crippen LogP contribution in [0.2, 0.25) is 0 Å². The van der Waals surface area contributed by atoms with Crippen LogP contribution in [0.15, 0.2) is 11.6 Å². The average Bonchev–Trinajstić information content (AvgIpc) is 2.36. The Morgan fingerprint density at radius 2 is 2.11 bits per heavy atom. The van der Waals surface area contributed by atoms with Crippen LogP contribution in [-0.2, 0) is 9.47 Å². The van der Waals surface area contributed by atoms with Crippen LogP contribution in [0.25, 0.3) is 0 Å². The quantitative estimate of drug-likeness (QED) is 0.663. The minimum Gasteiger partial charge on any atom is -0.383 e. The van der Waals surface area contributed by atoms with Crippen LogP contribution in [0.1, 0.15) is 20.3 Å². The van der Waals surface area contributed by atoms with E-state index in [1.807, 2.05) is 0 Å². The van der Waals surface area contributed by atoms with E-state index in [2.05, 4.69) is 30.1 Å². The summed E-state index contributed by atoms with van der Waals surface area (Å²) in [7, 11) is 3.53. The van der Waals surface area contributed by atoms with E-state index in [-0.39, 0.29) is 0 Å². The van der Waals surface area contributed by atoms with Gasteiger partial charge in [-0.1, -0.05) is 19.9 Å². The first-order valence-corrected chi connectivity index (χ1v) is 6.80. The zero-order chi connectivity index (χ0) is 13.4. The highest BCUT2D eigenvalue weighted by Crippen LogP contribution is 2.13. The van der Waals surface area contributed by atoms with Crippen molar-refractivity contribution in [3.63, 3.8) is 0 Å². The van der Waals surface area contributed by atoms with Crippen molar-refractivity contribution in [1.82, 2.24) is 10.2 Å². The number of methoxy groups -OCH3 is 2. The molecule has 0 saturated heterocycles. The van der Waals surface area contributed by atoms with Gasteiger partial charge in [-0.3, -0.25) is 4.90 Å². The van der Waals surface area contributed by atoms with Crippen molar-refractivity contribution in [2.45, 2.75) is 32.4 Å². The predicted molar refractivity (Wildman–Crippen MR) is 75.0 cm³/mol. The molecule has 0 aromatic heterocycles. The van der Waals surface area contributed by atoms with E-state index in [1.54, 1.807) is 14.2 Å². The zero-order valence-electron chi connectivity index (χ0n) is 12.2. The first kappa shape index (κ1) is 15.6. The molecule has 106 valence electrons. The zero-order valence-corrected chi connectivity index (χ0v) is 12.2. The van der Waals surface area contributed by atoms with E-state index in [9.17, 15) is 0 Å². The lowest BCUT2D eigenvalue weighted by molar-refractivity contribution is 0.0912. The lowest BCUT2D eigenvalue weighted by Crippen LogP contribution is -2.48. The van der Waals surface area contributed by atoms with Gasteiger partial charge >= 0.3 is 0 Å². The maximum Gasteiger partial charge on any atom is 0.0673 e. The molecule has 0 aromatic rings. The molecule has 1 atom stereocenters. The van der Waals surface area contributed by atoms with Gasteiger partial charge in [0.05, 0.1) is 13.2 Å². The van der Waals surface area contributed by atoms with Crippen molar-refractivity contribution in [2.24, 2.45) is 0 Å². The first-order chi connectivity index (χ1) is 8.67. The number of hydrogen-bond donors (Lipinski definition) is 1. The van der Waals surface area contributed by atoms with Crippen LogP contribution in [0.4, 0.5) is 0 Å². The van der Waals surface area contributed by atoms with Crippen molar-refractivity contribution in [3.8, 4) is 0 Å². The molecule has 0 spiro atoms. The second kappa shape index (κ2) is 8.64. The molecule has 1 aliphatic rings. The second-order valence-corrected chi connectivity index (χ2v) is 5.21. The monoisotopic (exact) mass is 256 g/mol. The van der Waals surface area contributed by atoms with Crippen molar-refractivity contribution in [1.29, 1.82) is 0 Å².